The number of ether oxygens (including phenoxy) is 1. The molecule has 3 aromatic carbocycles. The Morgan fingerprint density at radius 2 is 1.64 bits per heavy atom. The molecule has 0 heterocycles. The molecule has 0 saturated heterocycles. The van der Waals surface area contributed by atoms with E-state index in [2.05, 4.69) is 5.32 Å². The van der Waals surface area contributed by atoms with Crippen molar-refractivity contribution in [3.05, 3.63) is 88.9 Å². The van der Waals surface area contributed by atoms with Gasteiger partial charge in [-0.15, -0.1) is 0 Å². The maximum Gasteiger partial charge on any atom is 0.264 e. The molecule has 0 radical (unpaired) electrons. The average Bonchev–Trinajstić information content (AvgIpc) is 3.01. The summed E-state index contributed by atoms with van der Waals surface area (Å²) in [5, 5.41) is 3.49. The number of nitrogens with zero attached hydrogens (tertiary/aromatic N) is 2. The molecule has 1 atom stereocenters. The third-order valence-corrected chi connectivity index (χ3v) is 9.93. The lowest BCUT2D eigenvalue weighted by molar-refractivity contribution is -0.139. The maximum absolute atomic E-state index is 14.1. The second kappa shape index (κ2) is 14.1. The lowest BCUT2D eigenvalue weighted by Gasteiger charge is -2.33. The smallest absolute Gasteiger partial charge is 0.264 e. The summed E-state index contributed by atoms with van der Waals surface area (Å²) < 4.78 is 34.3. The fourth-order valence-corrected chi connectivity index (χ4v) is 6.84. The topological polar surface area (TPSA) is 96.0 Å². The van der Waals surface area contributed by atoms with Gasteiger partial charge in [0.25, 0.3) is 10.0 Å². The molecule has 8 nitrogen and oxygen atoms in total. The van der Waals surface area contributed by atoms with Crippen LogP contribution in [-0.4, -0.2) is 50.9 Å². The van der Waals surface area contributed by atoms with Crippen molar-refractivity contribution in [3.63, 3.8) is 0 Å². The monoisotopic (exact) mass is 611 g/mol. The summed E-state index contributed by atoms with van der Waals surface area (Å²) in [6, 6.07) is 19.3. The Hall–Kier alpha value is -3.56. The number of amides is 2. The molecule has 1 fully saturated rings. The third-order valence-electron chi connectivity index (χ3n) is 7.75. The number of carbonyl (C=O) groups is 2. The van der Waals surface area contributed by atoms with Gasteiger partial charge in [0.2, 0.25) is 11.8 Å². The summed E-state index contributed by atoms with van der Waals surface area (Å²) in [7, 11) is -2.59. The SMILES string of the molecule is COc1ccc(CN(C(=O)CN(c2cccc(Cl)c2C)S(=O)(=O)c2ccccc2)[C@H](C)C(=O)NC2CCCCC2)cc1. The predicted octanol–water partition coefficient (Wildman–Crippen LogP) is 5.72. The number of hydrogen-bond donors (Lipinski definition) is 1. The van der Waals surface area contributed by atoms with Gasteiger partial charge in [-0.3, -0.25) is 13.9 Å². The average molecular weight is 612 g/mol. The van der Waals surface area contributed by atoms with Crippen LogP contribution in [0.5, 0.6) is 5.75 Å². The van der Waals surface area contributed by atoms with E-state index in [0.717, 1.165) is 42.0 Å². The van der Waals surface area contributed by atoms with E-state index in [9.17, 15) is 18.0 Å². The van der Waals surface area contributed by atoms with Crippen LogP contribution in [0.1, 0.15) is 50.2 Å². The molecule has 10 heteroatoms. The Bertz CT molecular complexity index is 1480. The first-order chi connectivity index (χ1) is 20.1. The zero-order chi connectivity index (χ0) is 30.3. The van der Waals surface area contributed by atoms with E-state index < -0.39 is 28.5 Å². The van der Waals surface area contributed by atoms with Gasteiger partial charge >= 0.3 is 0 Å². The lowest BCUT2D eigenvalue weighted by Crippen LogP contribution is -2.53. The number of carbonyl (C=O) groups excluding carboxylic acids is 2. The molecule has 0 aromatic heterocycles. The van der Waals surface area contributed by atoms with E-state index in [-0.39, 0.29) is 23.4 Å². The van der Waals surface area contributed by atoms with Crippen molar-refractivity contribution >= 4 is 39.1 Å². The lowest BCUT2D eigenvalue weighted by atomic mass is 9.95. The normalized spacial score (nSPS) is 14.6. The summed E-state index contributed by atoms with van der Waals surface area (Å²) in [5.74, 6) is -0.118. The molecular weight excluding hydrogens is 574 g/mol. The number of sulfonamides is 1. The van der Waals surface area contributed by atoms with Crippen LogP contribution in [-0.2, 0) is 26.2 Å². The Balaban J connectivity index is 1.69. The van der Waals surface area contributed by atoms with E-state index in [4.69, 9.17) is 16.3 Å². The maximum atomic E-state index is 14.1. The Morgan fingerprint density at radius 1 is 0.976 bits per heavy atom. The molecule has 3 aromatic rings. The second-order valence-electron chi connectivity index (χ2n) is 10.6. The minimum Gasteiger partial charge on any atom is -0.497 e. The van der Waals surface area contributed by atoms with Gasteiger partial charge in [-0.25, -0.2) is 8.42 Å². The van der Waals surface area contributed by atoms with Gasteiger partial charge in [-0.1, -0.05) is 67.3 Å². The molecule has 2 amide bonds. The molecule has 0 bridgehead atoms. The Kier molecular flexibility index (Phi) is 10.5. The van der Waals surface area contributed by atoms with E-state index in [1.54, 1.807) is 69.5 Å². The number of benzene rings is 3. The molecule has 224 valence electrons. The van der Waals surface area contributed by atoms with Crippen molar-refractivity contribution in [1.82, 2.24) is 10.2 Å². The van der Waals surface area contributed by atoms with Crippen molar-refractivity contribution < 1.29 is 22.7 Å². The Labute approximate surface area is 253 Å². The first-order valence-corrected chi connectivity index (χ1v) is 16.0. The number of methoxy groups -OCH3 is 1. The van der Waals surface area contributed by atoms with Crippen molar-refractivity contribution in [2.24, 2.45) is 0 Å². The van der Waals surface area contributed by atoms with Crippen LogP contribution in [0.4, 0.5) is 5.69 Å². The van der Waals surface area contributed by atoms with E-state index in [0.29, 0.717) is 22.0 Å². The summed E-state index contributed by atoms with van der Waals surface area (Å²) in [5.41, 5.74) is 1.59. The van der Waals surface area contributed by atoms with Gasteiger partial charge in [0.1, 0.15) is 18.3 Å². The summed E-state index contributed by atoms with van der Waals surface area (Å²) in [6.45, 7) is 2.98. The molecular formula is C32H38ClN3O5S. The van der Waals surface area contributed by atoms with Crippen LogP contribution in [0.2, 0.25) is 5.02 Å². The van der Waals surface area contributed by atoms with Crippen LogP contribution in [0.25, 0.3) is 0 Å². The fraction of sp³-hybridized carbons (Fsp3) is 0.375. The molecule has 42 heavy (non-hydrogen) atoms. The highest BCUT2D eigenvalue weighted by Gasteiger charge is 2.34. The molecule has 1 aliphatic carbocycles. The molecule has 1 aliphatic rings. The number of anilines is 1. The summed E-state index contributed by atoms with van der Waals surface area (Å²) >= 11 is 6.39. The van der Waals surface area contributed by atoms with E-state index in [1.807, 2.05) is 12.1 Å². The summed E-state index contributed by atoms with van der Waals surface area (Å²) in [6.07, 6.45) is 5.07. The standard InChI is InChI=1S/C32H38ClN3O5S/c1-23-29(33)15-10-16-30(23)36(42(39,40)28-13-8-5-9-14-28)22-31(37)35(21-25-17-19-27(41-3)20-18-25)24(2)32(38)34-26-11-6-4-7-12-26/h5,8-10,13-20,24,26H,4,6-7,11-12,21-22H2,1-3H3,(H,34,38)/t24-/m1/s1. The molecule has 0 unspecified atom stereocenters. The van der Waals surface area contributed by atoms with Crippen LogP contribution in [0, 0.1) is 6.92 Å². The van der Waals surface area contributed by atoms with Crippen LogP contribution >= 0.6 is 11.6 Å². The minimum atomic E-state index is -4.16. The van der Waals surface area contributed by atoms with Gasteiger partial charge in [-0.2, -0.15) is 0 Å². The summed E-state index contributed by atoms with van der Waals surface area (Å²) in [4.78, 5) is 29.1. The first kappa shape index (κ1) is 31.4. The zero-order valence-electron chi connectivity index (χ0n) is 24.3. The van der Waals surface area contributed by atoms with Crippen molar-refractivity contribution in [2.45, 2.75) is 69.5 Å². The highest BCUT2D eigenvalue weighted by molar-refractivity contribution is 7.92. The van der Waals surface area contributed by atoms with Crippen LogP contribution in [0.15, 0.2) is 77.7 Å². The Morgan fingerprint density at radius 3 is 2.29 bits per heavy atom. The van der Waals surface area contributed by atoms with Gasteiger partial charge in [0.05, 0.1) is 17.7 Å². The van der Waals surface area contributed by atoms with Crippen LogP contribution in [0.3, 0.4) is 0 Å². The number of rotatable bonds is 11. The van der Waals surface area contributed by atoms with E-state index in [1.165, 1.54) is 17.0 Å². The van der Waals surface area contributed by atoms with Crippen LogP contribution < -0.4 is 14.4 Å². The number of nitrogens with one attached hydrogen (secondary N) is 1. The fourth-order valence-electron chi connectivity index (χ4n) is 5.18. The molecule has 0 aliphatic heterocycles. The quantitative estimate of drug-likeness (QED) is 0.299. The molecule has 1 N–H and O–H groups in total. The van der Waals surface area contributed by atoms with Gasteiger partial charge in [0.15, 0.2) is 0 Å². The highest BCUT2D eigenvalue weighted by Crippen LogP contribution is 2.31. The van der Waals surface area contributed by atoms with Gasteiger partial charge in [-0.05, 0) is 74.2 Å². The first-order valence-electron chi connectivity index (χ1n) is 14.2. The van der Waals surface area contributed by atoms with Crippen molar-refractivity contribution in [2.75, 3.05) is 18.0 Å². The largest absolute Gasteiger partial charge is 0.497 e. The zero-order valence-corrected chi connectivity index (χ0v) is 25.8. The van der Waals surface area contributed by atoms with Crippen molar-refractivity contribution in [1.29, 1.82) is 0 Å². The van der Waals surface area contributed by atoms with Crippen molar-refractivity contribution in [3.8, 4) is 5.75 Å². The molecule has 1 saturated carbocycles. The van der Waals surface area contributed by atoms with Gasteiger partial charge in [0, 0.05) is 17.6 Å². The number of hydrogen-bond acceptors (Lipinski definition) is 5. The molecule has 4 rings (SSSR count). The third kappa shape index (κ3) is 7.44. The second-order valence-corrected chi connectivity index (χ2v) is 12.9. The number of halogens is 1. The van der Waals surface area contributed by atoms with E-state index >= 15 is 0 Å². The molecule has 0 spiro atoms. The highest BCUT2D eigenvalue weighted by atomic mass is 35.5. The van der Waals surface area contributed by atoms with Gasteiger partial charge < -0.3 is 15.0 Å². The minimum absolute atomic E-state index is 0.0435. The predicted molar refractivity (Wildman–Crippen MR) is 165 cm³/mol.